The number of pyridine rings is 2. The zero-order chi connectivity index (χ0) is 52.9. The Balaban J connectivity index is 0.000000232. The van der Waals surface area contributed by atoms with Gasteiger partial charge in [0.05, 0.1) is 13.7 Å². The van der Waals surface area contributed by atoms with E-state index < -0.39 is 40.4 Å². The molecule has 3 aromatic heterocycles. The van der Waals surface area contributed by atoms with Crippen molar-refractivity contribution in [2.24, 2.45) is 5.41 Å². The molecule has 1 radical (unpaired) electrons. The quantitative estimate of drug-likeness (QED) is 0.107. The van der Waals surface area contributed by atoms with Crippen molar-refractivity contribution < 1.29 is 39.6 Å². The molecule has 9 aromatic rings. The van der Waals surface area contributed by atoms with Crippen molar-refractivity contribution >= 4 is 46.0 Å². The molecule has 0 saturated carbocycles. The van der Waals surface area contributed by atoms with E-state index in [1.165, 1.54) is 12.3 Å². The van der Waals surface area contributed by atoms with Crippen molar-refractivity contribution in [3.63, 3.8) is 0 Å². The van der Waals surface area contributed by atoms with E-state index in [2.05, 4.69) is 48.9 Å². The van der Waals surface area contributed by atoms with Gasteiger partial charge in [-0.2, -0.15) is 0 Å². The van der Waals surface area contributed by atoms with Crippen LogP contribution in [0.4, 0.5) is 0 Å². The minimum atomic E-state index is -2.51. The summed E-state index contributed by atoms with van der Waals surface area (Å²) in [5.74, 6) is 0. The molecule has 6 aromatic carbocycles. The predicted molar refractivity (Wildman–Crippen MR) is 267 cm³/mol. The van der Waals surface area contributed by atoms with Crippen LogP contribution in [0.25, 0.3) is 77.5 Å². The van der Waals surface area contributed by atoms with Crippen LogP contribution >= 0.6 is 0 Å². The third-order valence-corrected chi connectivity index (χ3v) is 17.6. The average Bonchev–Trinajstić information content (AvgIpc) is 3.76. The molecule has 0 unspecified atom stereocenters. The fourth-order valence-electron chi connectivity index (χ4n) is 8.50. The van der Waals surface area contributed by atoms with Crippen molar-refractivity contribution in [3.8, 4) is 44.8 Å². The third-order valence-electron chi connectivity index (χ3n) is 12.0. The maximum atomic E-state index is 8.49. The van der Waals surface area contributed by atoms with E-state index in [-0.39, 0.29) is 36.8 Å². The van der Waals surface area contributed by atoms with Gasteiger partial charge in [-0.3, -0.25) is 0 Å². The van der Waals surface area contributed by atoms with Crippen molar-refractivity contribution in [1.29, 1.82) is 0 Å². The molecule has 321 valence electrons. The van der Waals surface area contributed by atoms with Gasteiger partial charge in [0.15, 0.2) is 0 Å². The van der Waals surface area contributed by atoms with Crippen molar-refractivity contribution in [2.45, 2.75) is 86.6 Å². The van der Waals surface area contributed by atoms with E-state index >= 15 is 0 Å². The average molecular weight is 1030 g/mol. The molecule has 0 bridgehead atoms. The zero-order valence-electron chi connectivity index (χ0n) is 47.5. The summed E-state index contributed by atoms with van der Waals surface area (Å²) in [6.07, 6.45) is 1.37. The monoisotopic (exact) mass is 1030 g/mol. The summed E-state index contributed by atoms with van der Waals surface area (Å²) in [6.45, 7) is 4.92. The maximum Gasteiger partial charge on any atom is 0.128 e. The topological polar surface area (TPSA) is 38.9 Å². The van der Waals surface area contributed by atoms with E-state index in [1.807, 2.05) is 112 Å². The van der Waals surface area contributed by atoms with Crippen LogP contribution in [-0.2, 0) is 26.5 Å². The first-order valence-corrected chi connectivity index (χ1v) is 23.9. The van der Waals surface area contributed by atoms with Crippen LogP contribution in [0.1, 0.15) is 78.9 Å². The first kappa shape index (κ1) is 33.1. The molecule has 0 fully saturated rings. The molecule has 3 heterocycles. The zero-order valence-corrected chi connectivity index (χ0v) is 39.9. The van der Waals surface area contributed by atoms with Crippen LogP contribution in [0, 0.1) is 38.1 Å². The molecule has 9 rings (SSSR count). The Kier molecular flexibility index (Phi) is 10.0. The summed E-state index contributed by atoms with van der Waals surface area (Å²) in [7, 11) is -1.90. The Morgan fingerprint density at radius 3 is 2.08 bits per heavy atom. The standard InChI is InChI=1S/C35H34NOSi.C23H24N.Ir/c1-6-38(7-2,8-3)26-17-19-27(23(4)20-26)32-21-33(36-22-24(32)5)31-15-11-14-29-30-18-16-25-12-9-10-13-28(25)34(30)37-35(29)31;1-17-10-12-20(14-21(17)19-8-6-5-7-9-19)22-13-11-18(16-24-22)15-23(2,3)4;/h9-14,16-22H,6-8H2,1-5H3;5-11,13-14,16H,15H2,1-4H3;/q2*-1;/i4D3,5D3;1D3,15D2;. The molecule has 0 spiro atoms. The van der Waals surface area contributed by atoms with Gasteiger partial charge in [-0.15, -0.1) is 47.5 Å². The Morgan fingerprint density at radius 1 is 0.635 bits per heavy atom. The third kappa shape index (κ3) is 9.43. The Labute approximate surface area is 404 Å². The van der Waals surface area contributed by atoms with E-state index in [0.717, 1.165) is 56.0 Å². The van der Waals surface area contributed by atoms with E-state index in [9.17, 15) is 0 Å². The second-order valence-electron chi connectivity index (χ2n) is 16.9. The molecule has 0 aliphatic heterocycles. The smallest absolute Gasteiger partial charge is 0.128 e. The number of aryl methyl sites for hydroxylation is 3. The van der Waals surface area contributed by atoms with Crippen LogP contribution in [0.15, 0.2) is 144 Å². The Morgan fingerprint density at radius 2 is 1.37 bits per heavy atom. The van der Waals surface area contributed by atoms with Gasteiger partial charge < -0.3 is 14.4 Å². The van der Waals surface area contributed by atoms with E-state index in [0.29, 0.717) is 50.4 Å². The Hall–Kier alpha value is -5.45. The van der Waals surface area contributed by atoms with E-state index in [4.69, 9.17) is 19.5 Å². The number of aromatic nitrogens is 2. The van der Waals surface area contributed by atoms with Crippen LogP contribution in [0.3, 0.4) is 0 Å². The van der Waals surface area contributed by atoms with Gasteiger partial charge >= 0.3 is 0 Å². The minimum absolute atomic E-state index is 0. The molecule has 0 atom stereocenters. The number of rotatable bonds is 9. The summed E-state index contributed by atoms with van der Waals surface area (Å²) in [5, 5.41) is 5.01. The predicted octanol–water partition coefficient (Wildman–Crippen LogP) is 15.7. The van der Waals surface area contributed by atoms with Gasteiger partial charge in [0.25, 0.3) is 0 Å². The SMILES string of the molecule is [2H]C([2H])([2H])c1c[c-]c(-c2ccc(C([2H])([2H])C(C)(C)C)cn2)cc1-c1ccccc1.[2H]C([2H])([2H])c1cnc(-c2[c-]ccc3c2oc2c4ccccc4ccc32)cc1-c1ccc([Si](CC)(CC)CC)cc1C([2H])([2H])[2H].[Ir]. The van der Waals surface area contributed by atoms with Crippen LogP contribution in [0.5, 0.6) is 0 Å². The molecule has 5 heteroatoms. The van der Waals surface area contributed by atoms with Crippen molar-refractivity contribution in [3.05, 3.63) is 174 Å². The summed E-state index contributed by atoms with van der Waals surface area (Å²) in [5.41, 5.74) is 6.20. The van der Waals surface area contributed by atoms with Crippen LogP contribution in [0.2, 0.25) is 18.1 Å². The van der Waals surface area contributed by atoms with Gasteiger partial charge in [-0.25, -0.2) is 0 Å². The minimum Gasteiger partial charge on any atom is -0.500 e. The van der Waals surface area contributed by atoms with Gasteiger partial charge in [-0.1, -0.05) is 191 Å². The second kappa shape index (κ2) is 19.1. The molecule has 0 N–H and O–H groups in total. The molecule has 0 aliphatic carbocycles. The first-order valence-electron chi connectivity index (χ1n) is 26.8. The van der Waals surface area contributed by atoms with E-state index in [1.54, 1.807) is 30.5 Å². The summed E-state index contributed by atoms with van der Waals surface area (Å²) < 4.78 is 97.2. The molecule has 0 saturated heterocycles. The molecular formula is C58H58IrN2OSi-2. The number of hydrogen-bond acceptors (Lipinski definition) is 3. The first-order chi connectivity index (χ1) is 34.3. The molecule has 0 amide bonds. The largest absolute Gasteiger partial charge is 0.500 e. The summed E-state index contributed by atoms with van der Waals surface area (Å²) >= 11 is 0. The number of furan rings is 1. The normalized spacial score (nSPS) is 15.1. The van der Waals surface area contributed by atoms with Gasteiger partial charge in [-0.05, 0) is 75.6 Å². The van der Waals surface area contributed by atoms with Gasteiger partial charge in [0.1, 0.15) is 5.58 Å². The van der Waals surface area contributed by atoms with Crippen LogP contribution < -0.4 is 5.19 Å². The Bertz CT molecular complexity index is 3440. The van der Waals surface area contributed by atoms with Crippen LogP contribution in [-0.4, -0.2) is 18.0 Å². The molecule has 63 heavy (non-hydrogen) atoms. The number of benzene rings is 6. The fourth-order valence-corrected chi connectivity index (χ4v) is 12.1. The molecule has 3 nitrogen and oxygen atoms in total. The number of hydrogen-bond donors (Lipinski definition) is 0. The van der Waals surface area contributed by atoms with Crippen molar-refractivity contribution in [2.75, 3.05) is 0 Å². The van der Waals surface area contributed by atoms with Gasteiger partial charge in [0, 0.05) is 58.3 Å². The molecule has 0 aliphatic rings. The number of fused-ring (bicyclic) bond motifs is 5. The van der Waals surface area contributed by atoms with Gasteiger partial charge in [0.2, 0.25) is 0 Å². The maximum absolute atomic E-state index is 8.49. The fraction of sp³-hybridized carbons (Fsp3) is 0.241. The second-order valence-corrected chi connectivity index (χ2v) is 22.2. The number of nitrogens with zero attached hydrogens (tertiary/aromatic N) is 2. The summed E-state index contributed by atoms with van der Waals surface area (Å²) in [6, 6.07) is 48.8. The molecular weight excluding hydrogens is 961 g/mol. The van der Waals surface area contributed by atoms with Crippen molar-refractivity contribution in [1.82, 2.24) is 9.97 Å². The summed E-state index contributed by atoms with van der Waals surface area (Å²) in [4.78, 5) is 9.03.